The van der Waals surface area contributed by atoms with Crippen LogP contribution in [0.25, 0.3) is 11.1 Å². The van der Waals surface area contributed by atoms with Gasteiger partial charge in [-0.25, -0.2) is 13.2 Å². The predicted molar refractivity (Wildman–Crippen MR) is 184 cm³/mol. The Morgan fingerprint density at radius 2 is 1.72 bits per heavy atom. The maximum absolute atomic E-state index is 16.2. The van der Waals surface area contributed by atoms with E-state index in [1.165, 1.54) is 25.1 Å². The van der Waals surface area contributed by atoms with Gasteiger partial charge in [0.05, 0.1) is 24.6 Å². The highest BCUT2D eigenvalue weighted by Crippen LogP contribution is 2.41. The molecule has 1 amide bonds. The number of hydrogen-bond donors (Lipinski definition) is 1. The summed E-state index contributed by atoms with van der Waals surface area (Å²) in [5.41, 5.74) is -0.656. The van der Waals surface area contributed by atoms with Crippen molar-refractivity contribution in [3.8, 4) is 22.6 Å². The van der Waals surface area contributed by atoms with Crippen molar-refractivity contribution in [1.82, 2.24) is 14.8 Å². The van der Waals surface area contributed by atoms with Gasteiger partial charge in [0.15, 0.2) is 0 Å². The lowest BCUT2D eigenvalue weighted by atomic mass is 9.90. The number of amides is 1. The number of benzene rings is 3. The summed E-state index contributed by atoms with van der Waals surface area (Å²) in [6.07, 6.45) is -6.08. The van der Waals surface area contributed by atoms with Crippen molar-refractivity contribution in [3.63, 3.8) is 0 Å². The Morgan fingerprint density at radius 1 is 0.981 bits per heavy atom. The van der Waals surface area contributed by atoms with Crippen LogP contribution in [0.4, 0.5) is 26.3 Å². The fourth-order valence-electron chi connectivity index (χ4n) is 6.87. The minimum Gasteiger partial charge on any atom is -0.466 e. The smallest absolute Gasteiger partial charge is 0.416 e. The van der Waals surface area contributed by atoms with E-state index in [1.807, 2.05) is 13.8 Å². The molecule has 2 atom stereocenters. The number of pyridine rings is 1. The van der Waals surface area contributed by atoms with E-state index >= 15 is 8.78 Å². The topological polar surface area (TPSA) is 89.9 Å². The molecule has 0 aliphatic carbocycles. The number of alkyl halides is 4. The second kappa shape index (κ2) is 14.7. The van der Waals surface area contributed by atoms with Gasteiger partial charge in [-0.3, -0.25) is 23.9 Å². The van der Waals surface area contributed by atoms with Gasteiger partial charge in [-0.05, 0) is 98.3 Å². The molecule has 1 fully saturated rings. The maximum atomic E-state index is 16.2. The molecule has 2 aliphatic heterocycles. The van der Waals surface area contributed by atoms with Crippen LogP contribution < -0.4 is 15.6 Å². The van der Waals surface area contributed by atoms with Crippen LogP contribution >= 0.6 is 0 Å². The number of nitrogens with zero attached hydrogens (tertiary/aromatic N) is 2. The molecule has 14 heteroatoms. The second-order valence-corrected chi connectivity index (χ2v) is 13.4. The third-order valence-corrected chi connectivity index (χ3v) is 9.73. The van der Waals surface area contributed by atoms with Crippen LogP contribution in [0.15, 0.2) is 59.5 Å². The van der Waals surface area contributed by atoms with Crippen molar-refractivity contribution in [2.24, 2.45) is 0 Å². The first-order valence-electron chi connectivity index (χ1n) is 17.1. The van der Waals surface area contributed by atoms with E-state index in [-0.39, 0.29) is 60.9 Å². The molecule has 1 N–H and O–H groups in total. The molecule has 4 aromatic rings. The molecule has 0 radical (unpaired) electrons. The number of ether oxygens (including phenoxy) is 2. The number of rotatable bonds is 7. The summed E-state index contributed by atoms with van der Waals surface area (Å²) < 4.78 is 101. The zero-order chi connectivity index (χ0) is 38.4. The molecule has 0 saturated carbocycles. The molecule has 3 heterocycles. The van der Waals surface area contributed by atoms with Gasteiger partial charge >= 0.3 is 12.1 Å². The van der Waals surface area contributed by atoms with Crippen LogP contribution in [-0.4, -0.2) is 53.8 Å². The molecular formula is C39H37F6N3O5. The normalized spacial score (nSPS) is 17.7. The number of aryl methyl sites for hydroxylation is 2. The summed E-state index contributed by atoms with van der Waals surface area (Å²) in [5.74, 6) is -3.37. The predicted octanol–water partition coefficient (Wildman–Crippen LogP) is 7.44. The van der Waals surface area contributed by atoms with Gasteiger partial charge in [0, 0.05) is 48.6 Å². The third-order valence-electron chi connectivity index (χ3n) is 9.73. The number of nitrogens with one attached hydrogen (secondary N) is 1. The molecule has 8 nitrogen and oxygen atoms in total. The van der Waals surface area contributed by atoms with Crippen LogP contribution in [0.5, 0.6) is 11.5 Å². The average Bonchev–Trinajstić information content (AvgIpc) is 3.07. The molecule has 4 bridgehead atoms. The largest absolute Gasteiger partial charge is 0.466 e. The molecule has 6 rings (SSSR count). The minimum atomic E-state index is -4.97. The van der Waals surface area contributed by atoms with E-state index < -0.39 is 71.0 Å². The Kier molecular flexibility index (Phi) is 10.5. The highest BCUT2D eigenvalue weighted by molar-refractivity contribution is 5.85. The zero-order valence-electron chi connectivity index (χ0n) is 29.4. The zero-order valence-corrected chi connectivity index (χ0v) is 29.4. The Hall–Kier alpha value is -5.11. The molecule has 0 spiro atoms. The van der Waals surface area contributed by atoms with Crippen molar-refractivity contribution in [2.45, 2.75) is 65.0 Å². The van der Waals surface area contributed by atoms with Crippen LogP contribution in [0, 0.1) is 32.4 Å². The van der Waals surface area contributed by atoms with Crippen LogP contribution in [0.3, 0.4) is 0 Å². The number of fused-ring (bicyclic) bond motifs is 6. The summed E-state index contributed by atoms with van der Waals surface area (Å²) >= 11 is 0. The molecule has 53 heavy (non-hydrogen) atoms. The van der Waals surface area contributed by atoms with E-state index in [1.54, 1.807) is 30.0 Å². The number of likely N-dealkylation sites (tertiary alicyclic amines) is 1. The lowest BCUT2D eigenvalue weighted by Gasteiger charge is -2.34. The summed E-state index contributed by atoms with van der Waals surface area (Å²) in [6, 6.07) is 6.91. The fraction of sp³-hybridized carbons (Fsp3) is 0.359. The quantitative estimate of drug-likeness (QED) is 0.157. The van der Waals surface area contributed by atoms with Crippen molar-refractivity contribution >= 4 is 11.9 Å². The number of carbonyl (C=O) groups excluding carboxylic acids is 2. The van der Waals surface area contributed by atoms with Gasteiger partial charge < -0.3 is 14.8 Å². The third kappa shape index (κ3) is 7.68. The van der Waals surface area contributed by atoms with Gasteiger partial charge in [-0.2, -0.15) is 13.2 Å². The molecule has 0 unspecified atom stereocenters. The van der Waals surface area contributed by atoms with Gasteiger partial charge in [0.1, 0.15) is 35.3 Å². The highest BCUT2D eigenvalue weighted by atomic mass is 19.4. The van der Waals surface area contributed by atoms with Crippen molar-refractivity contribution in [3.05, 3.63) is 116 Å². The molecule has 3 aromatic carbocycles. The summed E-state index contributed by atoms with van der Waals surface area (Å²) in [7, 11) is 0. The number of aromatic nitrogens is 1. The standard InChI is InChI=1S/C39H37F6N3O5/c1-5-52-34(50)16-31-28-13-24(12-21(3)36(28)42)35-22(4)20(2)6-9-32(35)53-26-7-8-30(41)27(14-26)37(38(51)46-31)48-17-23(10-11-47-18-25(40)19-47)29(15-33(48)49)39(43,44)45/h6-9,12-15,17,25,31,37H,5,10-11,16,18-19H2,1-4H3,(H,46,51)/t31-,37+/m0/s1. The van der Waals surface area contributed by atoms with E-state index in [0.717, 1.165) is 23.4 Å². The minimum absolute atomic E-state index is 0.0190. The van der Waals surface area contributed by atoms with Gasteiger partial charge in [-0.15, -0.1) is 0 Å². The van der Waals surface area contributed by atoms with Crippen molar-refractivity contribution in [1.29, 1.82) is 0 Å². The first-order chi connectivity index (χ1) is 25.0. The van der Waals surface area contributed by atoms with Crippen LogP contribution in [-0.2, 0) is 26.9 Å². The average molecular weight is 742 g/mol. The lowest BCUT2D eigenvalue weighted by molar-refractivity contribution is -0.144. The fourth-order valence-corrected chi connectivity index (χ4v) is 6.87. The Labute approximate surface area is 301 Å². The van der Waals surface area contributed by atoms with Crippen molar-refractivity contribution < 1.29 is 45.4 Å². The van der Waals surface area contributed by atoms with Crippen LogP contribution in [0.2, 0.25) is 0 Å². The monoisotopic (exact) mass is 741 g/mol. The van der Waals surface area contributed by atoms with Gasteiger partial charge in [0.2, 0.25) is 5.91 Å². The molecular weight excluding hydrogens is 704 g/mol. The Morgan fingerprint density at radius 3 is 2.40 bits per heavy atom. The number of carbonyl (C=O) groups is 2. The first-order valence-corrected chi connectivity index (χ1v) is 17.1. The summed E-state index contributed by atoms with van der Waals surface area (Å²) in [5, 5.41) is 2.60. The number of hydrogen-bond acceptors (Lipinski definition) is 6. The Balaban J connectivity index is 1.59. The van der Waals surface area contributed by atoms with E-state index in [4.69, 9.17) is 9.47 Å². The number of halogens is 6. The van der Waals surface area contributed by atoms with E-state index in [2.05, 4.69) is 5.32 Å². The summed E-state index contributed by atoms with van der Waals surface area (Å²) in [4.78, 5) is 42.7. The first kappa shape index (κ1) is 37.6. The molecule has 1 aromatic heterocycles. The SMILES string of the molecule is CCOC(=O)C[C@@H]1NC(=O)[C@H](n2cc(CCN3CC(F)C3)c(C(F)(F)F)cc2=O)c2cc(ccc2F)Oc2ccc(C)c(C)c2-c2cc(C)c(F)c1c2. The van der Waals surface area contributed by atoms with Gasteiger partial charge in [-0.1, -0.05) is 6.07 Å². The lowest BCUT2D eigenvalue weighted by Crippen LogP contribution is -2.49. The highest BCUT2D eigenvalue weighted by Gasteiger charge is 2.38. The molecule has 1 saturated heterocycles. The van der Waals surface area contributed by atoms with E-state index in [0.29, 0.717) is 21.8 Å². The van der Waals surface area contributed by atoms with Gasteiger partial charge in [0.25, 0.3) is 5.56 Å². The van der Waals surface area contributed by atoms with E-state index in [9.17, 15) is 31.9 Å². The Bertz CT molecular complexity index is 2140. The summed E-state index contributed by atoms with van der Waals surface area (Å²) in [6.45, 7) is 6.83. The molecule has 2 aliphatic rings. The second-order valence-electron chi connectivity index (χ2n) is 13.4. The van der Waals surface area contributed by atoms with Crippen LogP contribution in [0.1, 0.15) is 64.4 Å². The maximum Gasteiger partial charge on any atom is 0.416 e. The molecule has 280 valence electrons. The number of esters is 1. The van der Waals surface area contributed by atoms with Crippen molar-refractivity contribution in [2.75, 3.05) is 26.2 Å².